The lowest BCUT2D eigenvalue weighted by Gasteiger charge is -2.06. The Hall–Kier alpha value is -1.07. The minimum absolute atomic E-state index is 0.0535. The molecular formula is C11H9F3OS. The molecule has 86 valence electrons. The van der Waals surface area contributed by atoms with E-state index in [0.717, 1.165) is 22.4 Å². The zero-order valence-electron chi connectivity index (χ0n) is 8.21. The van der Waals surface area contributed by atoms with Crippen LogP contribution in [0.2, 0.25) is 0 Å². The summed E-state index contributed by atoms with van der Waals surface area (Å²) >= 11 is 1.39. The summed E-state index contributed by atoms with van der Waals surface area (Å²) < 4.78 is 38.3. The fourth-order valence-corrected chi connectivity index (χ4v) is 2.55. The molecule has 0 bridgehead atoms. The van der Waals surface area contributed by atoms with E-state index >= 15 is 0 Å². The van der Waals surface area contributed by atoms with Gasteiger partial charge in [0.1, 0.15) is 0 Å². The summed E-state index contributed by atoms with van der Waals surface area (Å²) in [6, 6.07) is 3.71. The molecule has 1 nitrogen and oxygen atoms in total. The third-order valence-electron chi connectivity index (χ3n) is 2.36. The molecule has 16 heavy (non-hydrogen) atoms. The lowest BCUT2D eigenvalue weighted by Crippen LogP contribution is -2.04. The normalized spacial score (nSPS) is 12.2. The lowest BCUT2D eigenvalue weighted by molar-refractivity contribution is -0.137. The van der Waals surface area contributed by atoms with Crippen LogP contribution in [0.5, 0.6) is 0 Å². The summed E-state index contributed by atoms with van der Waals surface area (Å²) in [6.07, 6.45) is -3.92. The number of aliphatic hydroxyl groups is 1. The van der Waals surface area contributed by atoms with Gasteiger partial charge in [-0.05, 0) is 40.9 Å². The van der Waals surface area contributed by atoms with Crippen LogP contribution in [0, 0.1) is 0 Å². The molecule has 0 atom stereocenters. The quantitative estimate of drug-likeness (QED) is 0.860. The third-order valence-corrected chi connectivity index (χ3v) is 3.37. The summed E-state index contributed by atoms with van der Waals surface area (Å²) in [7, 11) is 0. The van der Waals surface area contributed by atoms with Crippen molar-refractivity contribution in [2.45, 2.75) is 12.6 Å². The molecule has 0 fully saturated rings. The number of hydrogen-bond acceptors (Lipinski definition) is 2. The topological polar surface area (TPSA) is 20.2 Å². The van der Waals surface area contributed by atoms with E-state index in [1.807, 2.05) is 0 Å². The van der Waals surface area contributed by atoms with Crippen LogP contribution in [0.4, 0.5) is 13.2 Å². The second kappa shape index (κ2) is 4.07. The smallest absolute Gasteiger partial charge is 0.396 e. The molecule has 1 aromatic carbocycles. The average Bonchev–Trinajstić information content (AvgIpc) is 2.60. The van der Waals surface area contributed by atoms with Crippen LogP contribution < -0.4 is 0 Å². The predicted octanol–water partition coefficient (Wildman–Crippen LogP) is 3.45. The Morgan fingerprint density at radius 1 is 1.25 bits per heavy atom. The van der Waals surface area contributed by atoms with Crippen LogP contribution in [0.25, 0.3) is 10.1 Å². The monoisotopic (exact) mass is 246 g/mol. The van der Waals surface area contributed by atoms with Gasteiger partial charge in [0.2, 0.25) is 0 Å². The van der Waals surface area contributed by atoms with E-state index in [1.165, 1.54) is 17.4 Å². The molecule has 1 N–H and O–H groups in total. The zero-order chi connectivity index (χ0) is 11.8. The third kappa shape index (κ3) is 2.05. The molecule has 1 heterocycles. The maximum Gasteiger partial charge on any atom is 0.416 e. The van der Waals surface area contributed by atoms with Crippen molar-refractivity contribution in [2.24, 2.45) is 0 Å². The van der Waals surface area contributed by atoms with Crippen molar-refractivity contribution in [1.82, 2.24) is 0 Å². The van der Waals surface area contributed by atoms with Crippen molar-refractivity contribution >= 4 is 21.4 Å². The zero-order valence-corrected chi connectivity index (χ0v) is 9.03. The van der Waals surface area contributed by atoms with E-state index in [9.17, 15) is 13.2 Å². The molecule has 2 aromatic rings. The van der Waals surface area contributed by atoms with Crippen LogP contribution in [-0.4, -0.2) is 11.7 Å². The van der Waals surface area contributed by atoms with Gasteiger partial charge in [-0.15, -0.1) is 11.3 Å². The molecule has 5 heteroatoms. The van der Waals surface area contributed by atoms with Gasteiger partial charge in [-0.2, -0.15) is 13.2 Å². The first kappa shape index (κ1) is 11.4. The first-order valence-corrected chi connectivity index (χ1v) is 5.58. The molecule has 0 spiro atoms. The fourth-order valence-electron chi connectivity index (χ4n) is 1.57. The van der Waals surface area contributed by atoms with E-state index in [0.29, 0.717) is 11.8 Å². The van der Waals surface area contributed by atoms with Crippen molar-refractivity contribution in [3.8, 4) is 0 Å². The van der Waals surface area contributed by atoms with Crippen LogP contribution in [-0.2, 0) is 12.6 Å². The van der Waals surface area contributed by atoms with E-state index < -0.39 is 11.7 Å². The van der Waals surface area contributed by atoms with Crippen LogP contribution >= 0.6 is 11.3 Å². The van der Waals surface area contributed by atoms with Gasteiger partial charge in [0.15, 0.2) is 0 Å². The number of benzene rings is 1. The Morgan fingerprint density at radius 2 is 2.00 bits per heavy atom. The van der Waals surface area contributed by atoms with Gasteiger partial charge in [-0.25, -0.2) is 0 Å². The van der Waals surface area contributed by atoms with Crippen LogP contribution in [0.15, 0.2) is 23.6 Å². The second-order valence-electron chi connectivity index (χ2n) is 3.44. The van der Waals surface area contributed by atoms with Crippen molar-refractivity contribution in [3.05, 3.63) is 34.7 Å². The molecule has 0 saturated heterocycles. The molecule has 0 aliphatic heterocycles. The standard InChI is InChI=1S/C11H9F3OS/c12-11(13,14)8-1-2-10-9(5-8)7(3-4-15)6-16-10/h1-2,5-6,15H,3-4H2. The fraction of sp³-hybridized carbons (Fsp3) is 0.273. The lowest BCUT2D eigenvalue weighted by atomic mass is 10.1. The minimum Gasteiger partial charge on any atom is -0.396 e. The molecule has 0 unspecified atom stereocenters. The summed E-state index contributed by atoms with van der Waals surface area (Å²) in [5.74, 6) is 0. The van der Waals surface area contributed by atoms with Crippen LogP contribution in [0.3, 0.4) is 0 Å². The highest BCUT2D eigenvalue weighted by Gasteiger charge is 2.30. The van der Waals surface area contributed by atoms with Gasteiger partial charge in [0.05, 0.1) is 5.56 Å². The Bertz CT molecular complexity index is 501. The Labute approximate surface area is 94.1 Å². The average molecular weight is 246 g/mol. The molecule has 0 saturated carbocycles. The van der Waals surface area contributed by atoms with Gasteiger partial charge >= 0.3 is 6.18 Å². The minimum atomic E-state index is -4.31. The molecule has 0 aliphatic carbocycles. The van der Waals surface area contributed by atoms with Gasteiger partial charge in [-0.3, -0.25) is 0 Å². The van der Waals surface area contributed by atoms with E-state index in [-0.39, 0.29) is 6.61 Å². The van der Waals surface area contributed by atoms with Crippen molar-refractivity contribution in [3.63, 3.8) is 0 Å². The maximum atomic E-state index is 12.5. The van der Waals surface area contributed by atoms with E-state index in [1.54, 1.807) is 5.38 Å². The molecule has 0 amide bonds. The highest BCUT2D eigenvalue weighted by Crippen LogP contribution is 2.34. The Balaban J connectivity index is 2.54. The SMILES string of the molecule is OCCc1csc2ccc(C(F)(F)F)cc12. The number of hydrogen-bond donors (Lipinski definition) is 1. The number of rotatable bonds is 2. The Morgan fingerprint density at radius 3 is 2.62 bits per heavy atom. The first-order chi connectivity index (χ1) is 7.52. The number of fused-ring (bicyclic) bond motifs is 1. The summed E-state index contributed by atoms with van der Waals surface area (Å²) in [5.41, 5.74) is 0.131. The Kier molecular flexibility index (Phi) is 2.90. The van der Waals surface area contributed by atoms with Crippen molar-refractivity contribution in [2.75, 3.05) is 6.61 Å². The molecule has 0 aliphatic rings. The van der Waals surface area contributed by atoms with Crippen LogP contribution in [0.1, 0.15) is 11.1 Å². The van der Waals surface area contributed by atoms with E-state index in [4.69, 9.17) is 5.11 Å². The predicted molar refractivity (Wildman–Crippen MR) is 57.6 cm³/mol. The summed E-state index contributed by atoms with van der Waals surface area (Å²) in [6.45, 7) is -0.0535. The summed E-state index contributed by atoms with van der Waals surface area (Å²) in [5, 5.41) is 11.2. The van der Waals surface area contributed by atoms with Crippen molar-refractivity contribution in [1.29, 1.82) is 0 Å². The molecule has 2 rings (SSSR count). The maximum absolute atomic E-state index is 12.5. The molecular weight excluding hydrogens is 237 g/mol. The van der Waals surface area contributed by atoms with Gasteiger partial charge < -0.3 is 5.11 Å². The summed E-state index contributed by atoms with van der Waals surface area (Å²) in [4.78, 5) is 0. The number of halogens is 3. The second-order valence-corrected chi connectivity index (χ2v) is 4.35. The largest absolute Gasteiger partial charge is 0.416 e. The van der Waals surface area contributed by atoms with Gasteiger partial charge in [0.25, 0.3) is 0 Å². The van der Waals surface area contributed by atoms with E-state index in [2.05, 4.69) is 0 Å². The highest BCUT2D eigenvalue weighted by atomic mass is 32.1. The highest BCUT2D eigenvalue weighted by molar-refractivity contribution is 7.17. The number of aliphatic hydroxyl groups excluding tert-OH is 1. The van der Waals surface area contributed by atoms with Crippen molar-refractivity contribution < 1.29 is 18.3 Å². The number of alkyl halides is 3. The molecule has 1 aromatic heterocycles. The van der Waals surface area contributed by atoms with Gasteiger partial charge in [-0.1, -0.05) is 0 Å². The molecule has 0 radical (unpaired) electrons. The first-order valence-electron chi connectivity index (χ1n) is 4.70. The van der Waals surface area contributed by atoms with Gasteiger partial charge in [0, 0.05) is 11.3 Å². The number of thiophene rings is 1.